The van der Waals surface area contributed by atoms with E-state index in [-0.39, 0.29) is 36.1 Å². The summed E-state index contributed by atoms with van der Waals surface area (Å²) in [4.78, 5) is 42.2. The van der Waals surface area contributed by atoms with E-state index in [0.29, 0.717) is 18.8 Å². The highest BCUT2D eigenvalue weighted by Gasteiger charge is 2.48. The van der Waals surface area contributed by atoms with E-state index in [4.69, 9.17) is 4.42 Å². The van der Waals surface area contributed by atoms with Crippen molar-refractivity contribution in [3.05, 3.63) is 46.5 Å². The average Bonchev–Trinajstić information content (AvgIpc) is 3.41. The van der Waals surface area contributed by atoms with Crippen LogP contribution in [0.3, 0.4) is 0 Å². The number of hydrogen-bond acceptors (Lipinski definition) is 5. The summed E-state index contributed by atoms with van der Waals surface area (Å²) in [6.45, 7) is 0.559. The van der Waals surface area contributed by atoms with Crippen molar-refractivity contribution in [1.29, 1.82) is 0 Å². The van der Waals surface area contributed by atoms with Gasteiger partial charge in [0.05, 0.1) is 31.2 Å². The van der Waals surface area contributed by atoms with E-state index in [1.807, 2.05) is 23.6 Å². The Balaban J connectivity index is 1.49. The van der Waals surface area contributed by atoms with Gasteiger partial charge in [0.15, 0.2) is 0 Å². The Kier molecular flexibility index (Phi) is 5.11. The molecule has 2 aliphatic rings. The van der Waals surface area contributed by atoms with Gasteiger partial charge in [-0.15, -0.1) is 11.3 Å². The van der Waals surface area contributed by atoms with Crippen LogP contribution in [-0.2, 0) is 27.5 Å². The summed E-state index contributed by atoms with van der Waals surface area (Å²) in [5, 5.41) is 1.96. The molecular weight excluding hydrogens is 364 g/mol. The third-order valence-corrected chi connectivity index (χ3v) is 6.29. The number of thiophene rings is 1. The van der Waals surface area contributed by atoms with Crippen LogP contribution in [0.4, 0.5) is 0 Å². The quantitative estimate of drug-likeness (QED) is 0.716. The minimum atomic E-state index is -0.236. The van der Waals surface area contributed by atoms with Gasteiger partial charge in [0, 0.05) is 4.88 Å². The standard InChI is InChI=1S/C20H22N2O4S/c23-18(13-22-19(24)16-7-1-2-8-17(16)20(22)25)21(11-14-5-3-9-26-14)12-15-6-4-10-27-15/h3-6,9-10,16-17H,1-2,7-8,11-13H2/t16-,17+. The van der Waals surface area contributed by atoms with Crippen molar-refractivity contribution in [1.82, 2.24) is 9.80 Å². The molecule has 7 heteroatoms. The molecule has 2 atom stereocenters. The third-order valence-electron chi connectivity index (χ3n) is 5.43. The Bertz CT molecular complexity index is 755. The molecule has 0 bridgehead atoms. The molecule has 1 saturated carbocycles. The molecule has 1 aliphatic heterocycles. The molecule has 0 radical (unpaired) electrons. The van der Waals surface area contributed by atoms with Gasteiger partial charge in [-0.2, -0.15) is 0 Å². The molecule has 6 nitrogen and oxygen atoms in total. The fourth-order valence-electron chi connectivity index (χ4n) is 4.04. The van der Waals surface area contributed by atoms with Crippen LogP contribution in [0.15, 0.2) is 40.3 Å². The maximum absolute atomic E-state index is 13.0. The molecule has 2 aromatic heterocycles. The molecular formula is C20H22N2O4S. The molecule has 1 aliphatic carbocycles. The first-order chi connectivity index (χ1) is 13.1. The SMILES string of the molecule is O=C(CN1C(=O)[C@H]2CCCC[C@H]2C1=O)N(Cc1ccco1)Cc1cccs1. The minimum absolute atomic E-state index is 0.174. The van der Waals surface area contributed by atoms with E-state index in [1.165, 1.54) is 4.90 Å². The maximum Gasteiger partial charge on any atom is 0.243 e. The van der Waals surface area contributed by atoms with Gasteiger partial charge < -0.3 is 9.32 Å². The maximum atomic E-state index is 13.0. The van der Waals surface area contributed by atoms with Crippen molar-refractivity contribution >= 4 is 29.1 Å². The summed E-state index contributed by atoms with van der Waals surface area (Å²) < 4.78 is 5.38. The van der Waals surface area contributed by atoms with Crippen LogP contribution in [0.25, 0.3) is 0 Å². The van der Waals surface area contributed by atoms with Crippen molar-refractivity contribution in [3.63, 3.8) is 0 Å². The molecule has 0 N–H and O–H groups in total. The van der Waals surface area contributed by atoms with E-state index in [0.717, 1.165) is 30.6 Å². The fraction of sp³-hybridized carbons (Fsp3) is 0.450. The number of imide groups is 1. The van der Waals surface area contributed by atoms with Gasteiger partial charge in [-0.3, -0.25) is 19.3 Å². The molecule has 0 spiro atoms. The zero-order chi connectivity index (χ0) is 18.8. The minimum Gasteiger partial charge on any atom is -0.467 e. The van der Waals surface area contributed by atoms with Gasteiger partial charge in [-0.05, 0) is 36.4 Å². The number of amides is 3. The molecule has 27 heavy (non-hydrogen) atoms. The van der Waals surface area contributed by atoms with Crippen LogP contribution in [-0.4, -0.2) is 34.1 Å². The lowest BCUT2D eigenvalue weighted by atomic mass is 9.81. The Morgan fingerprint density at radius 3 is 2.44 bits per heavy atom. The van der Waals surface area contributed by atoms with E-state index in [9.17, 15) is 14.4 Å². The van der Waals surface area contributed by atoms with Crippen molar-refractivity contribution in [3.8, 4) is 0 Å². The summed E-state index contributed by atoms with van der Waals surface area (Å²) in [5.41, 5.74) is 0. The van der Waals surface area contributed by atoms with Gasteiger partial charge in [-0.1, -0.05) is 18.9 Å². The van der Waals surface area contributed by atoms with Gasteiger partial charge >= 0.3 is 0 Å². The Labute approximate surface area is 161 Å². The Hall–Kier alpha value is -2.41. The monoisotopic (exact) mass is 386 g/mol. The highest BCUT2D eigenvalue weighted by molar-refractivity contribution is 7.09. The van der Waals surface area contributed by atoms with Gasteiger partial charge in [-0.25, -0.2) is 0 Å². The van der Waals surface area contributed by atoms with E-state index in [2.05, 4.69) is 0 Å². The van der Waals surface area contributed by atoms with E-state index in [1.54, 1.807) is 28.6 Å². The van der Waals surface area contributed by atoms with Gasteiger partial charge in [0.2, 0.25) is 17.7 Å². The van der Waals surface area contributed by atoms with E-state index < -0.39 is 0 Å². The van der Waals surface area contributed by atoms with Crippen molar-refractivity contribution < 1.29 is 18.8 Å². The molecule has 3 amide bonds. The van der Waals surface area contributed by atoms with Crippen LogP contribution in [0.5, 0.6) is 0 Å². The third kappa shape index (κ3) is 3.69. The lowest BCUT2D eigenvalue weighted by Crippen LogP contribution is -2.42. The molecule has 142 valence electrons. The molecule has 2 aromatic rings. The highest BCUT2D eigenvalue weighted by atomic mass is 32.1. The number of rotatable bonds is 6. The number of carbonyl (C=O) groups excluding carboxylic acids is 3. The topological polar surface area (TPSA) is 70.8 Å². The number of nitrogens with zero attached hydrogens (tertiary/aromatic N) is 2. The number of fused-ring (bicyclic) bond motifs is 1. The van der Waals surface area contributed by atoms with Crippen LogP contribution < -0.4 is 0 Å². The first-order valence-corrected chi connectivity index (χ1v) is 10.2. The lowest BCUT2D eigenvalue weighted by Gasteiger charge is -2.24. The van der Waals surface area contributed by atoms with Crippen LogP contribution in [0.2, 0.25) is 0 Å². The molecule has 2 fully saturated rings. The molecule has 1 saturated heterocycles. The number of furan rings is 1. The molecule has 0 unspecified atom stereocenters. The molecule has 3 heterocycles. The van der Waals surface area contributed by atoms with Crippen molar-refractivity contribution in [2.45, 2.75) is 38.8 Å². The molecule has 0 aromatic carbocycles. The predicted octanol–water partition coefficient (Wildman–Crippen LogP) is 3.05. The second-order valence-corrected chi connectivity index (χ2v) is 8.20. The van der Waals surface area contributed by atoms with Crippen molar-refractivity contribution in [2.75, 3.05) is 6.54 Å². The first-order valence-electron chi connectivity index (χ1n) is 9.31. The zero-order valence-corrected chi connectivity index (χ0v) is 15.8. The number of carbonyl (C=O) groups is 3. The second kappa shape index (κ2) is 7.68. The summed E-state index contributed by atoms with van der Waals surface area (Å²) in [5.74, 6) is -0.364. The summed E-state index contributed by atoms with van der Waals surface area (Å²) in [6, 6.07) is 7.50. The smallest absolute Gasteiger partial charge is 0.243 e. The van der Waals surface area contributed by atoms with Crippen LogP contribution in [0.1, 0.15) is 36.3 Å². The van der Waals surface area contributed by atoms with Gasteiger partial charge in [0.1, 0.15) is 12.3 Å². The van der Waals surface area contributed by atoms with E-state index >= 15 is 0 Å². The Morgan fingerprint density at radius 2 is 1.85 bits per heavy atom. The zero-order valence-electron chi connectivity index (χ0n) is 15.0. The largest absolute Gasteiger partial charge is 0.467 e. The summed E-state index contributed by atoms with van der Waals surface area (Å²) >= 11 is 1.57. The lowest BCUT2D eigenvalue weighted by molar-refractivity contribution is -0.147. The normalized spacial score (nSPS) is 22.1. The van der Waals surface area contributed by atoms with Gasteiger partial charge in [0.25, 0.3) is 0 Å². The number of hydrogen-bond donors (Lipinski definition) is 0. The predicted molar refractivity (Wildman–Crippen MR) is 99.4 cm³/mol. The van der Waals surface area contributed by atoms with Crippen LogP contribution >= 0.6 is 11.3 Å². The summed E-state index contributed by atoms with van der Waals surface area (Å²) in [6.07, 6.45) is 5.04. The van der Waals surface area contributed by atoms with Crippen molar-refractivity contribution in [2.24, 2.45) is 11.8 Å². The highest BCUT2D eigenvalue weighted by Crippen LogP contribution is 2.38. The fourth-order valence-corrected chi connectivity index (χ4v) is 4.76. The average molecular weight is 386 g/mol. The summed E-state index contributed by atoms with van der Waals surface area (Å²) in [7, 11) is 0. The Morgan fingerprint density at radius 1 is 1.11 bits per heavy atom. The molecule has 4 rings (SSSR count). The number of likely N-dealkylation sites (tertiary alicyclic amines) is 1. The second-order valence-electron chi connectivity index (χ2n) is 7.17. The van der Waals surface area contributed by atoms with Crippen LogP contribution in [0, 0.1) is 11.8 Å². The first kappa shape index (κ1) is 18.0.